The molecule has 5 rings (SSSR count). The number of nitrogens with one attached hydrogen (secondary N) is 2. The van der Waals surface area contributed by atoms with Crippen LogP contribution in [0.5, 0.6) is 0 Å². The number of pyridine rings is 1. The Morgan fingerprint density at radius 2 is 2.03 bits per heavy atom. The summed E-state index contributed by atoms with van der Waals surface area (Å²) in [5.74, 6) is -0.210. The molecule has 2 aliphatic rings. The van der Waals surface area contributed by atoms with E-state index >= 15 is 0 Å². The quantitative estimate of drug-likeness (QED) is 0.640. The Hall–Kier alpha value is -3.26. The van der Waals surface area contributed by atoms with E-state index in [1.165, 1.54) is 0 Å². The largest absolute Gasteiger partial charge is 0.368 e. The van der Waals surface area contributed by atoms with Gasteiger partial charge in [-0.2, -0.15) is 5.10 Å². The van der Waals surface area contributed by atoms with Crippen molar-refractivity contribution >= 4 is 22.7 Å². The number of fused-ring (bicyclic) bond motifs is 2. The lowest BCUT2D eigenvalue weighted by molar-refractivity contribution is -0.0248. The summed E-state index contributed by atoms with van der Waals surface area (Å²) in [4.78, 5) is 32.8. The molecule has 0 saturated carbocycles. The van der Waals surface area contributed by atoms with Crippen LogP contribution in [0, 0.1) is 0 Å². The van der Waals surface area contributed by atoms with E-state index in [0.717, 1.165) is 47.8 Å². The molecule has 8 nitrogen and oxygen atoms in total. The smallest absolute Gasteiger partial charge is 0.274 e. The molecular formula is C25H29N5O3. The molecule has 0 radical (unpaired) electrons. The fourth-order valence-corrected chi connectivity index (χ4v) is 4.71. The van der Waals surface area contributed by atoms with E-state index in [0.29, 0.717) is 36.6 Å². The summed E-state index contributed by atoms with van der Waals surface area (Å²) in [6.45, 7) is 5.15. The van der Waals surface area contributed by atoms with Crippen molar-refractivity contribution in [1.82, 2.24) is 25.4 Å². The number of carbonyl (C=O) groups excluding carboxylic acids is 2. The number of hydrogen-bond acceptors (Lipinski definition) is 5. The van der Waals surface area contributed by atoms with Crippen molar-refractivity contribution in [3.05, 3.63) is 58.5 Å². The standard InChI is InChI=1S/C25H29N5O3/c1-15(2)26-24(31)18-13-21(27-19-9-5-3-7-16(18)19)22-14-30(11-12-33-22)25(32)23-17-8-4-6-10-20(17)28-29-23/h3,5,7,9,13,15,22H,4,6,8,10-12,14H2,1-2H3,(H,26,31)(H,28,29). The van der Waals surface area contributed by atoms with E-state index in [1.807, 2.05) is 38.1 Å². The minimum atomic E-state index is -0.410. The van der Waals surface area contributed by atoms with Crippen molar-refractivity contribution in [3.8, 4) is 0 Å². The molecule has 1 atom stereocenters. The van der Waals surface area contributed by atoms with Crippen molar-refractivity contribution in [2.24, 2.45) is 0 Å². The van der Waals surface area contributed by atoms with E-state index in [9.17, 15) is 9.59 Å². The van der Waals surface area contributed by atoms with Crippen molar-refractivity contribution in [2.45, 2.75) is 51.7 Å². The van der Waals surface area contributed by atoms with Crippen LogP contribution in [-0.4, -0.2) is 57.6 Å². The zero-order chi connectivity index (χ0) is 22.9. The molecule has 3 heterocycles. The van der Waals surface area contributed by atoms with Gasteiger partial charge < -0.3 is 15.0 Å². The number of H-pyrrole nitrogens is 1. The van der Waals surface area contributed by atoms with Gasteiger partial charge in [0, 0.05) is 29.2 Å². The van der Waals surface area contributed by atoms with Crippen LogP contribution in [0.2, 0.25) is 0 Å². The Bertz CT molecular complexity index is 1200. The van der Waals surface area contributed by atoms with Crippen LogP contribution in [0.15, 0.2) is 30.3 Å². The number of aromatic nitrogens is 3. The first-order valence-electron chi connectivity index (χ1n) is 11.7. The number of morpholine rings is 1. The lowest BCUT2D eigenvalue weighted by Crippen LogP contribution is -2.43. The third-order valence-corrected chi connectivity index (χ3v) is 6.34. The van der Waals surface area contributed by atoms with E-state index in [4.69, 9.17) is 9.72 Å². The molecule has 1 unspecified atom stereocenters. The highest BCUT2D eigenvalue weighted by Crippen LogP contribution is 2.28. The van der Waals surface area contributed by atoms with E-state index in [2.05, 4.69) is 15.5 Å². The molecule has 172 valence electrons. The van der Waals surface area contributed by atoms with Gasteiger partial charge in [-0.1, -0.05) is 18.2 Å². The van der Waals surface area contributed by atoms with E-state index in [1.54, 1.807) is 11.0 Å². The topological polar surface area (TPSA) is 100 Å². The lowest BCUT2D eigenvalue weighted by atomic mass is 9.95. The van der Waals surface area contributed by atoms with E-state index < -0.39 is 6.10 Å². The van der Waals surface area contributed by atoms with Crippen molar-refractivity contribution in [2.75, 3.05) is 19.7 Å². The Morgan fingerprint density at radius 3 is 2.88 bits per heavy atom. The zero-order valence-electron chi connectivity index (χ0n) is 19.1. The molecule has 2 N–H and O–H groups in total. The van der Waals surface area contributed by atoms with Crippen LogP contribution in [0.25, 0.3) is 10.9 Å². The lowest BCUT2D eigenvalue weighted by Gasteiger charge is -2.32. The van der Waals surface area contributed by atoms with Gasteiger partial charge in [-0.15, -0.1) is 0 Å². The zero-order valence-corrected chi connectivity index (χ0v) is 19.1. The second-order valence-electron chi connectivity index (χ2n) is 9.09. The average molecular weight is 448 g/mol. The van der Waals surface area contributed by atoms with Crippen LogP contribution >= 0.6 is 0 Å². The molecule has 1 aliphatic carbocycles. The maximum atomic E-state index is 13.3. The van der Waals surface area contributed by atoms with Gasteiger partial charge in [-0.3, -0.25) is 14.7 Å². The Kier molecular flexibility index (Phi) is 5.85. The third kappa shape index (κ3) is 4.23. The summed E-state index contributed by atoms with van der Waals surface area (Å²) in [7, 11) is 0. The van der Waals surface area contributed by atoms with Crippen LogP contribution in [0.4, 0.5) is 0 Å². The molecule has 1 saturated heterocycles. The first-order valence-corrected chi connectivity index (χ1v) is 11.7. The highest BCUT2D eigenvalue weighted by atomic mass is 16.5. The third-order valence-electron chi connectivity index (χ3n) is 6.34. The average Bonchev–Trinajstić information content (AvgIpc) is 3.26. The first-order chi connectivity index (χ1) is 16.0. The minimum absolute atomic E-state index is 0.0201. The monoisotopic (exact) mass is 447 g/mol. The number of aromatic amines is 1. The molecule has 3 aromatic rings. The van der Waals surface area contributed by atoms with Gasteiger partial charge >= 0.3 is 0 Å². The summed E-state index contributed by atoms with van der Waals surface area (Å²) in [6, 6.07) is 9.42. The van der Waals surface area contributed by atoms with Crippen LogP contribution < -0.4 is 5.32 Å². The van der Waals surface area contributed by atoms with Gasteiger partial charge in [0.05, 0.1) is 29.9 Å². The fourth-order valence-electron chi connectivity index (χ4n) is 4.71. The summed E-state index contributed by atoms with van der Waals surface area (Å²) in [5.41, 5.74) is 4.64. The predicted molar refractivity (Wildman–Crippen MR) is 124 cm³/mol. The van der Waals surface area contributed by atoms with Crippen LogP contribution in [0.1, 0.15) is 70.6 Å². The highest BCUT2D eigenvalue weighted by molar-refractivity contribution is 6.06. The number of benzene rings is 1. The van der Waals surface area contributed by atoms with Crippen molar-refractivity contribution in [1.29, 1.82) is 0 Å². The van der Waals surface area contributed by atoms with Gasteiger partial charge in [0.25, 0.3) is 11.8 Å². The number of amides is 2. The molecule has 0 bridgehead atoms. The second kappa shape index (κ2) is 8.94. The van der Waals surface area contributed by atoms with Crippen LogP contribution in [0.3, 0.4) is 0 Å². The van der Waals surface area contributed by atoms with Crippen molar-refractivity contribution in [3.63, 3.8) is 0 Å². The Labute approximate surface area is 192 Å². The molecule has 8 heteroatoms. The molecule has 33 heavy (non-hydrogen) atoms. The van der Waals surface area contributed by atoms with Gasteiger partial charge in [0.2, 0.25) is 0 Å². The SMILES string of the molecule is CC(C)NC(=O)c1cc(C2CN(C(=O)c3n[nH]c4c3CCCC4)CCO2)nc2ccccc12. The fraction of sp³-hybridized carbons (Fsp3) is 0.440. The highest BCUT2D eigenvalue weighted by Gasteiger charge is 2.31. The molecule has 2 amide bonds. The summed E-state index contributed by atoms with van der Waals surface area (Å²) in [5, 5.41) is 11.2. The van der Waals surface area contributed by atoms with Gasteiger partial charge in [0.15, 0.2) is 5.69 Å². The summed E-state index contributed by atoms with van der Waals surface area (Å²) in [6.07, 6.45) is 3.64. The number of aryl methyl sites for hydroxylation is 1. The predicted octanol–water partition coefficient (Wildman–Crippen LogP) is 3.19. The Morgan fingerprint density at radius 1 is 1.21 bits per heavy atom. The molecule has 2 aromatic heterocycles. The maximum Gasteiger partial charge on any atom is 0.274 e. The normalized spacial score (nSPS) is 18.4. The van der Waals surface area contributed by atoms with E-state index in [-0.39, 0.29) is 17.9 Å². The molecular weight excluding hydrogens is 418 g/mol. The van der Waals surface area contributed by atoms with Crippen molar-refractivity contribution < 1.29 is 14.3 Å². The number of para-hydroxylation sites is 1. The Balaban J connectivity index is 1.43. The molecule has 1 fully saturated rings. The minimum Gasteiger partial charge on any atom is -0.368 e. The van der Waals surface area contributed by atoms with Crippen LogP contribution in [-0.2, 0) is 17.6 Å². The first kappa shape index (κ1) is 21.6. The molecule has 0 spiro atoms. The molecule has 1 aliphatic heterocycles. The number of hydrogen-bond donors (Lipinski definition) is 2. The molecule has 1 aromatic carbocycles. The van der Waals surface area contributed by atoms with Gasteiger partial charge in [-0.05, 0) is 51.7 Å². The number of carbonyl (C=O) groups is 2. The number of rotatable bonds is 4. The van der Waals surface area contributed by atoms with Gasteiger partial charge in [-0.25, -0.2) is 4.98 Å². The second-order valence-corrected chi connectivity index (χ2v) is 9.09. The number of nitrogens with zero attached hydrogens (tertiary/aromatic N) is 3. The summed E-state index contributed by atoms with van der Waals surface area (Å²) >= 11 is 0. The number of ether oxygens (including phenoxy) is 1. The summed E-state index contributed by atoms with van der Waals surface area (Å²) < 4.78 is 6.02. The maximum absolute atomic E-state index is 13.3. The van der Waals surface area contributed by atoms with Gasteiger partial charge in [0.1, 0.15) is 6.10 Å².